The molecule has 0 aliphatic carbocycles. The van der Waals surface area contributed by atoms with Crippen molar-refractivity contribution in [3.8, 4) is 5.75 Å². The minimum Gasteiger partial charge on any atom is -0.496 e. The Kier molecular flexibility index (Phi) is 6.72. The number of nitrogens with zero attached hydrogens (tertiary/aromatic N) is 2. The van der Waals surface area contributed by atoms with E-state index in [9.17, 15) is 13.2 Å². The Balaban J connectivity index is 0.00000280. The number of alkyl halides is 3. The predicted molar refractivity (Wildman–Crippen MR) is 106 cm³/mol. The number of methoxy groups -OCH3 is 1. The zero-order valence-electron chi connectivity index (χ0n) is 15.5. The maximum atomic E-state index is 12.7. The van der Waals surface area contributed by atoms with Crippen LogP contribution in [-0.4, -0.2) is 30.2 Å². The third-order valence-corrected chi connectivity index (χ3v) is 4.49. The van der Waals surface area contributed by atoms with E-state index in [2.05, 4.69) is 5.10 Å². The normalized spacial score (nSPS) is 16.4. The van der Waals surface area contributed by atoms with Gasteiger partial charge in [-0.25, -0.2) is 0 Å². The van der Waals surface area contributed by atoms with Crippen LogP contribution in [0, 0.1) is 11.3 Å². The smallest absolute Gasteiger partial charge is 0.416 e. The SMILES string of the molecule is COc1ccccc1C1=NN(C(=N)Cc2ccc(C(F)(F)F)cc2)CC1C.Cl. The summed E-state index contributed by atoms with van der Waals surface area (Å²) in [5.41, 5.74) is 1.67. The van der Waals surface area contributed by atoms with Crippen molar-refractivity contribution in [2.24, 2.45) is 11.0 Å². The monoisotopic (exact) mass is 411 g/mol. The summed E-state index contributed by atoms with van der Waals surface area (Å²) in [4.78, 5) is 0. The molecule has 4 nitrogen and oxygen atoms in total. The van der Waals surface area contributed by atoms with Crippen molar-refractivity contribution in [3.63, 3.8) is 0 Å². The summed E-state index contributed by atoms with van der Waals surface area (Å²) in [6, 6.07) is 12.5. The predicted octanol–water partition coefficient (Wildman–Crippen LogP) is 5.01. The molecule has 0 fully saturated rings. The Labute approximate surface area is 167 Å². The van der Waals surface area contributed by atoms with E-state index in [1.165, 1.54) is 12.1 Å². The van der Waals surface area contributed by atoms with Gasteiger partial charge in [-0.15, -0.1) is 12.4 Å². The first-order valence-corrected chi connectivity index (χ1v) is 8.52. The molecule has 1 aliphatic heterocycles. The molecule has 0 saturated carbocycles. The highest BCUT2D eigenvalue weighted by Gasteiger charge is 2.30. The molecule has 8 heteroatoms. The number of hydrazone groups is 1. The number of ether oxygens (including phenoxy) is 1. The van der Waals surface area contributed by atoms with E-state index in [0.29, 0.717) is 12.1 Å². The van der Waals surface area contributed by atoms with Crippen LogP contribution in [0.1, 0.15) is 23.6 Å². The molecule has 0 amide bonds. The van der Waals surface area contributed by atoms with Crippen LogP contribution in [0.3, 0.4) is 0 Å². The van der Waals surface area contributed by atoms with Gasteiger partial charge in [-0.1, -0.05) is 31.2 Å². The molecule has 3 rings (SSSR count). The van der Waals surface area contributed by atoms with Crippen molar-refractivity contribution in [3.05, 3.63) is 65.2 Å². The highest BCUT2D eigenvalue weighted by Crippen LogP contribution is 2.30. The molecule has 1 atom stereocenters. The summed E-state index contributed by atoms with van der Waals surface area (Å²) in [5.74, 6) is 1.07. The lowest BCUT2D eigenvalue weighted by Crippen LogP contribution is -2.26. The molecule has 0 bridgehead atoms. The minimum atomic E-state index is -4.36. The van der Waals surface area contributed by atoms with E-state index in [4.69, 9.17) is 10.1 Å². The first kappa shape index (κ1) is 21.8. The molecule has 150 valence electrons. The topological polar surface area (TPSA) is 48.7 Å². The molecule has 1 N–H and O–H groups in total. The number of amidine groups is 1. The summed E-state index contributed by atoms with van der Waals surface area (Å²) >= 11 is 0. The maximum Gasteiger partial charge on any atom is 0.416 e. The highest BCUT2D eigenvalue weighted by molar-refractivity contribution is 6.06. The van der Waals surface area contributed by atoms with Crippen LogP contribution in [0.5, 0.6) is 5.75 Å². The van der Waals surface area contributed by atoms with E-state index >= 15 is 0 Å². The molecule has 0 spiro atoms. The molecular weight excluding hydrogens is 391 g/mol. The quantitative estimate of drug-likeness (QED) is 0.567. The van der Waals surface area contributed by atoms with Crippen LogP contribution in [0.4, 0.5) is 13.2 Å². The number of halogens is 4. The summed E-state index contributed by atoms with van der Waals surface area (Å²) < 4.78 is 43.4. The lowest BCUT2D eigenvalue weighted by Gasteiger charge is -2.16. The molecule has 1 unspecified atom stereocenters. The number of para-hydroxylation sites is 1. The fourth-order valence-electron chi connectivity index (χ4n) is 3.06. The Hall–Kier alpha value is -2.54. The minimum absolute atomic E-state index is 0. The van der Waals surface area contributed by atoms with Gasteiger partial charge in [-0.2, -0.15) is 18.3 Å². The summed E-state index contributed by atoms with van der Waals surface area (Å²) in [6.45, 7) is 2.57. The van der Waals surface area contributed by atoms with Crippen molar-refractivity contribution in [1.29, 1.82) is 5.41 Å². The third kappa shape index (κ3) is 4.65. The van der Waals surface area contributed by atoms with Gasteiger partial charge < -0.3 is 4.74 Å². The number of rotatable bonds is 4. The van der Waals surface area contributed by atoms with Gasteiger partial charge in [-0.3, -0.25) is 10.4 Å². The number of hydrogen-bond acceptors (Lipinski definition) is 3. The average Bonchev–Trinajstić information content (AvgIpc) is 3.03. The molecular formula is C20H21ClF3N3O. The Bertz CT molecular complexity index is 866. The van der Waals surface area contributed by atoms with Crippen LogP contribution >= 0.6 is 12.4 Å². The zero-order valence-corrected chi connectivity index (χ0v) is 16.3. The molecule has 1 heterocycles. The second kappa shape index (κ2) is 8.65. The summed E-state index contributed by atoms with van der Waals surface area (Å²) in [5, 5.41) is 14.5. The van der Waals surface area contributed by atoms with Crippen LogP contribution in [0.25, 0.3) is 0 Å². The van der Waals surface area contributed by atoms with E-state index < -0.39 is 11.7 Å². The molecule has 0 aromatic heterocycles. The van der Waals surface area contributed by atoms with Gasteiger partial charge in [0.15, 0.2) is 0 Å². The summed E-state index contributed by atoms with van der Waals surface area (Å²) in [6.07, 6.45) is -4.14. The summed E-state index contributed by atoms with van der Waals surface area (Å²) in [7, 11) is 1.60. The largest absolute Gasteiger partial charge is 0.496 e. The van der Waals surface area contributed by atoms with Crippen LogP contribution in [0.15, 0.2) is 53.6 Å². The van der Waals surface area contributed by atoms with Crippen LogP contribution < -0.4 is 4.74 Å². The van der Waals surface area contributed by atoms with Gasteiger partial charge in [0.1, 0.15) is 11.6 Å². The number of nitrogens with one attached hydrogen (secondary N) is 1. The zero-order chi connectivity index (χ0) is 19.6. The maximum absolute atomic E-state index is 12.7. The van der Waals surface area contributed by atoms with Gasteiger partial charge in [-0.05, 0) is 29.8 Å². The van der Waals surface area contributed by atoms with E-state index in [1.54, 1.807) is 12.1 Å². The first-order valence-electron chi connectivity index (χ1n) is 8.52. The van der Waals surface area contributed by atoms with Crippen molar-refractivity contribution in [1.82, 2.24) is 5.01 Å². The lowest BCUT2D eigenvalue weighted by molar-refractivity contribution is -0.137. The van der Waals surface area contributed by atoms with Gasteiger partial charge in [0.2, 0.25) is 0 Å². The Morgan fingerprint density at radius 1 is 1.18 bits per heavy atom. The van der Waals surface area contributed by atoms with Crippen molar-refractivity contribution < 1.29 is 17.9 Å². The lowest BCUT2D eigenvalue weighted by atomic mass is 9.98. The fraction of sp³-hybridized carbons (Fsp3) is 0.300. The van der Waals surface area contributed by atoms with Crippen molar-refractivity contribution in [2.45, 2.75) is 19.5 Å². The first-order chi connectivity index (χ1) is 12.8. The van der Waals surface area contributed by atoms with Gasteiger partial charge in [0, 0.05) is 17.9 Å². The van der Waals surface area contributed by atoms with Crippen molar-refractivity contribution in [2.75, 3.05) is 13.7 Å². The van der Waals surface area contributed by atoms with Crippen molar-refractivity contribution >= 4 is 24.0 Å². The van der Waals surface area contributed by atoms with Crippen LogP contribution in [0.2, 0.25) is 0 Å². The molecule has 0 saturated heterocycles. The molecule has 28 heavy (non-hydrogen) atoms. The van der Waals surface area contributed by atoms with Crippen LogP contribution in [-0.2, 0) is 12.6 Å². The third-order valence-electron chi connectivity index (χ3n) is 4.49. The second-order valence-corrected chi connectivity index (χ2v) is 6.49. The fourth-order valence-corrected chi connectivity index (χ4v) is 3.06. The number of benzene rings is 2. The standard InChI is InChI=1S/C20H20F3N3O.ClH/c1-13-12-26(25-19(13)16-5-3-4-6-17(16)27-2)18(24)11-14-7-9-15(10-8-14)20(21,22)23;/h3-10,13,24H,11-12H2,1-2H3;1H. The number of hydrogen-bond donors (Lipinski definition) is 1. The van der Waals surface area contributed by atoms with E-state index in [-0.39, 0.29) is 30.6 Å². The molecule has 1 aliphatic rings. The molecule has 0 radical (unpaired) electrons. The van der Waals surface area contributed by atoms with Gasteiger partial charge >= 0.3 is 6.18 Å². The molecule has 2 aromatic rings. The highest BCUT2D eigenvalue weighted by atomic mass is 35.5. The van der Waals surface area contributed by atoms with Gasteiger partial charge in [0.25, 0.3) is 0 Å². The Morgan fingerprint density at radius 3 is 2.43 bits per heavy atom. The molecule has 2 aromatic carbocycles. The Morgan fingerprint density at radius 2 is 1.82 bits per heavy atom. The van der Waals surface area contributed by atoms with E-state index in [1.807, 2.05) is 31.2 Å². The average molecular weight is 412 g/mol. The van der Waals surface area contributed by atoms with E-state index in [0.717, 1.165) is 29.2 Å². The van der Waals surface area contributed by atoms with Gasteiger partial charge in [0.05, 0.1) is 24.9 Å². The second-order valence-electron chi connectivity index (χ2n) is 6.49.